The molecule has 0 saturated heterocycles. The van der Waals surface area contributed by atoms with Gasteiger partial charge in [0, 0.05) is 12.4 Å². The summed E-state index contributed by atoms with van der Waals surface area (Å²) in [6, 6.07) is 0. The summed E-state index contributed by atoms with van der Waals surface area (Å²) in [6.07, 6.45) is 5.57. The zero-order valence-corrected chi connectivity index (χ0v) is 8.28. The molecule has 3 N–H and O–H groups in total. The van der Waals surface area contributed by atoms with Gasteiger partial charge in [-0.1, -0.05) is 0 Å². The fraction of sp³-hybridized carbons (Fsp3) is 0.222. The Kier molecular flexibility index (Phi) is 4.08. The summed E-state index contributed by atoms with van der Waals surface area (Å²) in [5, 5.41) is 12.9. The fourth-order valence-electron chi connectivity index (χ4n) is 1.03. The normalized spacial score (nSPS) is 16.6. The summed E-state index contributed by atoms with van der Waals surface area (Å²) in [5.41, 5.74) is 0.491. The number of carbonyl (C=O) groups is 1. The molecule has 0 bridgehead atoms. The number of nitrogens with zero attached hydrogens (tertiary/aromatic N) is 1. The van der Waals surface area contributed by atoms with Crippen LogP contribution in [0.1, 0.15) is 0 Å². The van der Waals surface area contributed by atoms with Crippen LogP contribution in [-0.2, 0) is 9.53 Å². The average molecular weight is 208 g/mol. The first-order valence-corrected chi connectivity index (χ1v) is 4.28. The Bertz CT molecular complexity index is 344. The smallest absolute Gasteiger partial charge is 0.214 e. The molecule has 1 amide bonds. The second-order valence-corrected chi connectivity index (χ2v) is 2.64. The Morgan fingerprint density at radius 2 is 2.60 bits per heavy atom. The first kappa shape index (κ1) is 11.0. The Morgan fingerprint density at radius 3 is 3.13 bits per heavy atom. The number of rotatable bonds is 4. The van der Waals surface area contributed by atoms with Crippen LogP contribution in [0.2, 0.25) is 0 Å². The van der Waals surface area contributed by atoms with Gasteiger partial charge in [0.15, 0.2) is 0 Å². The fourth-order valence-corrected chi connectivity index (χ4v) is 1.03. The van der Waals surface area contributed by atoms with Crippen LogP contribution >= 0.6 is 0 Å². The van der Waals surface area contributed by atoms with Crippen LogP contribution < -0.4 is 10.6 Å². The van der Waals surface area contributed by atoms with E-state index in [1.807, 2.05) is 0 Å². The van der Waals surface area contributed by atoms with E-state index in [4.69, 9.17) is 10.1 Å². The van der Waals surface area contributed by atoms with E-state index in [1.54, 1.807) is 18.5 Å². The quantitative estimate of drug-likeness (QED) is 0.338. The van der Waals surface area contributed by atoms with E-state index in [9.17, 15) is 4.79 Å². The molecule has 1 aliphatic rings. The van der Waals surface area contributed by atoms with E-state index in [2.05, 4.69) is 15.6 Å². The van der Waals surface area contributed by atoms with Crippen molar-refractivity contribution in [2.45, 2.75) is 0 Å². The number of nitrogens with one attached hydrogen (secondary N) is 3. The highest BCUT2D eigenvalue weighted by Crippen LogP contribution is 2.06. The van der Waals surface area contributed by atoms with E-state index < -0.39 is 0 Å². The number of carbonyl (C=O) groups excluding carboxylic acids is 1. The van der Waals surface area contributed by atoms with Crippen LogP contribution in [0.3, 0.4) is 0 Å². The average Bonchev–Trinajstić information content (AvgIpc) is 2.30. The Labute approximate surface area is 87.2 Å². The molecule has 0 aromatic carbocycles. The van der Waals surface area contributed by atoms with Gasteiger partial charge in [-0.15, -0.1) is 0 Å². The van der Waals surface area contributed by atoms with Crippen LogP contribution in [0.25, 0.3) is 0 Å². The predicted molar refractivity (Wildman–Crippen MR) is 56.6 cm³/mol. The highest BCUT2D eigenvalue weighted by Gasteiger charge is 2.12. The van der Waals surface area contributed by atoms with Gasteiger partial charge in [-0.25, -0.2) is 4.99 Å². The van der Waals surface area contributed by atoms with Crippen LogP contribution in [0, 0.1) is 5.41 Å². The van der Waals surface area contributed by atoms with Crippen LogP contribution in [0.5, 0.6) is 0 Å². The van der Waals surface area contributed by atoms with Gasteiger partial charge in [0.05, 0.1) is 19.2 Å². The minimum absolute atomic E-state index is 0.0284. The summed E-state index contributed by atoms with van der Waals surface area (Å²) >= 11 is 0. The first-order valence-electron chi connectivity index (χ1n) is 4.28. The lowest BCUT2D eigenvalue weighted by Crippen LogP contribution is -2.24. The molecule has 0 aliphatic carbocycles. The molecule has 0 radical (unpaired) electrons. The Morgan fingerprint density at radius 1 is 1.80 bits per heavy atom. The summed E-state index contributed by atoms with van der Waals surface area (Å²) in [5.74, 6) is 0.470. The molecular weight excluding hydrogens is 196 g/mol. The SMILES string of the molecule is COC(=N)/C(CNC=O)=C1/N=CC=CN1. The van der Waals surface area contributed by atoms with Gasteiger partial charge in [0.1, 0.15) is 5.82 Å². The molecule has 1 heterocycles. The number of hydrogen-bond donors (Lipinski definition) is 3. The van der Waals surface area contributed by atoms with Crippen molar-refractivity contribution in [3.63, 3.8) is 0 Å². The van der Waals surface area contributed by atoms with Crippen molar-refractivity contribution in [2.75, 3.05) is 13.7 Å². The van der Waals surface area contributed by atoms with Gasteiger partial charge in [0.2, 0.25) is 12.3 Å². The van der Waals surface area contributed by atoms with Crippen molar-refractivity contribution in [3.8, 4) is 0 Å². The first-order chi connectivity index (χ1) is 7.29. The molecule has 6 heteroatoms. The minimum Gasteiger partial charge on any atom is -0.481 e. The van der Waals surface area contributed by atoms with Crippen molar-refractivity contribution in [1.29, 1.82) is 5.41 Å². The molecule has 0 atom stereocenters. The maximum Gasteiger partial charge on any atom is 0.214 e. The van der Waals surface area contributed by atoms with Crippen molar-refractivity contribution in [3.05, 3.63) is 23.7 Å². The predicted octanol–water partition coefficient (Wildman–Crippen LogP) is -0.245. The van der Waals surface area contributed by atoms with Crippen LogP contribution in [0.15, 0.2) is 28.7 Å². The monoisotopic (exact) mass is 208 g/mol. The van der Waals surface area contributed by atoms with Gasteiger partial charge in [-0.05, 0) is 6.08 Å². The molecule has 15 heavy (non-hydrogen) atoms. The zero-order valence-electron chi connectivity index (χ0n) is 8.28. The van der Waals surface area contributed by atoms with Crippen molar-refractivity contribution < 1.29 is 9.53 Å². The molecule has 80 valence electrons. The van der Waals surface area contributed by atoms with Gasteiger partial charge >= 0.3 is 0 Å². The highest BCUT2D eigenvalue weighted by atomic mass is 16.5. The minimum atomic E-state index is -0.0284. The van der Waals surface area contributed by atoms with E-state index >= 15 is 0 Å². The number of amides is 1. The van der Waals surface area contributed by atoms with E-state index in [0.717, 1.165) is 0 Å². The molecule has 1 aliphatic heterocycles. The van der Waals surface area contributed by atoms with Crippen LogP contribution in [-0.4, -0.2) is 32.2 Å². The van der Waals surface area contributed by atoms with Gasteiger partial charge < -0.3 is 15.4 Å². The molecule has 0 saturated carbocycles. The largest absolute Gasteiger partial charge is 0.481 e. The lowest BCUT2D eigenvalue weighted by Gasteiger charge is -2.13. The molecule has 0 fully saturated rings. The molecule has 0 spiro atoms. The molecule has 0 aromatic heterocycles. The third kappa shape index (κ3) is 2.94. The maximum absolute atomic E-state index is 10.2. The highest BCUT2D eigenvalue weighted by molar-refractivity contribution is 5.93. The number of ether oxygens (including phenoxy) is 1. The van der Waals surface area contributed by atoms with E-state index in [1.165, 1.54) is 7.11 Å². The number of allylic oxidation sites excluding steroid dienone is 1. The van der Waals surface area contributed by atoms with Gasteiger partial charge in [0.25, 0.3) is 0 Å². The molecule has 0 unspecified atom stereocenters. The standard InChI is InChI=1S/C9H12N4O2/c1-15-8(10)7(5-11-6-14)9-12-3-2-4-13-9/h2-4,6,10,12H,5H2,1H3,(H,11,14)/b9-7+,10-8?. The van der Waals surface area contributed by atoms with E-state index in [0.29, 0.717) is 17.8 Å². The summed E-state index contributed by atoms with van der Waals surface area (Å²) < 4.78 is 4.79. The van der Waals surface area contributed by atoms with Crippen molar-refractivity contribution in [1.82, 2.24) is 10.6 Å². The lowest BCUT2D eigenvalue weighted by molar-refractivity contribution is -0.109. The van der Waals surface area contributed by atoms with Crippen molar-refractivity contribution >= 4 is 18.5 Å². The zero-order chi connectivity index (χ0) is 11.1. The second-order valence-electron chi connectivity index (χ2n) is 2.64. The molecule has 6 nitrogen and oxygen atoms in total. The third-order valence-electron chi connectivity index (χ3n) is 1.73. The Balaban J connectivity index is 2.87. The second kappa shape index (κ2) is 5.58. The Hall–Kier alpha value is -2.11. The third-order valence-corrected chi connectivity index (χ3v) is 1.73. The molecule has 1 rings (SSSR count). The maximum atomic E-state index is 10.2. The molecular formula is C9H12N4O2. The van der Waals surface area contributed by atoms with E-state index in [-0.39, 0.29) is 12.4 Å². The lowest BCUT2D eigenvalue weighted by atomic mass is 10.2. The number of methoxy groups -OCH3 is 1. The summed E-state index contributed by atoms with van der Waals surface area (Å²) in [6.45, 7) is 0.198. The molecule has 0 aromatic rings. The number of aliphatic imine (C=N–C) groups is 1. The topological polar surface area (TPSA) is 86.6 Å². The van der Waals surface area contributed by atoms with Gasteiger partial charge in [-0.3, -0.25) is 10.2 Å². The summed E-state index contributed by atoms with van der Waals surface area (Å²) in [7, 11) is 1.40. The van der Waals surface area contributed by atoms with Crippen LogP contribution in [0.4, 0.5) is 0 Å². The van der Waals surface area contributed by atoms with Gasteiger partial charge in [-0.2, -0.15) is 0 Å². The number of hydrogen-bond acceptors (Lipinski definition) is 5. The summed E-state index contributed by atoms with van der Waals surface area (Å²) in [4.78, 5) is 14.2. The van der Waals surface area contributed by atoms with Crippen molar-refractivity contribution in [2.24, 2.45) is 4.99 Å².